The fraction of sp³-hybridized carbons (Fsp3) is 0.538. The summed E-state index contributed by atoms with van der Waals surface area (Å²) < 4.78 is 0. The number of hydrogen-bond acceptors (Lipinski definition) is 4. The van der Waals surface area contributed by atoms with Gasteiger partial charge in [-0.15, -0.1) is 11.3 Å². The predicted octanol–water partition coefficient (Wildman–Crippen LogP) is 1.81. The summed E-state index contributed by atoms with van der Waals surface area (Å²) in [6, 6.07) is 5.96. The normalized spacial score (nSPS) is 16.5. The van der Waals surface area contributed by atoms with Gasteiger partial charge in [-0.05, 0) is 24.4 Å². The fourth-order valence-electron chi connectivity index (χ4n) is 2.11. The Morgan fingerprint density at radius 2 is 2.17 bits per heavy atom. The second-order valence-corrected chi connectivity index (χ2v) is 5.32. The van der Waals surface area contributed by atoms with Gasteiger partial charge in [0.2, 0.25) is 0 Å². The van der Waals surface area contributed by atoms with Gasteiger partial charge in [0.15, 0.2) is 0 Å². The van der Waals surface area contributed by atoms with Gasteiger partial charge in [-0.3, -0.25) is 9.69 Å². The molecule has 0 N–H and O–H groups in total. The first-order valence-corrected chi connectivity index (χ1v) is 7.11. The summed E-state index contributed by atoms with van der Waals surface area (Å²) in [5, 5.41) is 10.4. The SMILES string of the molecule is N#CCCCN1CCN(C(=O)c2cccs2)CC1. The molecule has 0 aliphatic carbocycles. The molecule has 0 unspecified atom stereocenters. The Morgan fingerprint density at radius 1 is 1.39 bits per heavy atom. The van der Waals surface area contributed by atoms with Crippen LogP contribution in [0.25, 0.3) is 0 Å². The van der Waals surface area contributed by atoms with Crippen LogP contribution in [0.15, 0.2) is 17.5 Å². The summed E-state index contributed by atoms with van der Waals surface area (Å²) in [5.74, 6) is 0.154. The first kappa shape index (κ1) is 13.1. The number of rotatable bonds is 4. The summed E-state index contributed by atoms with van der Waals surface area (Å²) in [5.41, 5.74) is 0. The molecule has 1 saturated heterocycles. The molecule has 0 bridgehead atoms. The van der Waals surface area contributed by atoms with Crippen LogP contribution in [0.3, 0.4) is 0 Å². The number of thiophene rings is 1. The molecule has 1 amide bonds. The van der Waals surface area contributed by atoms with Crippen molar-refractivity contribution in [3.05, 3.63) is 22.4 Å². The maximum atomic E-state index is 12.1. The minimum Gasteiger partial charge on any atom is -0.335 e. The predicted molar refractivity (Wildman–Crippen MR) is 71.5 cm³/mol. The zero-order chi connectivity index (χ0) is 12.8. The van der Waals surface area contributed by atoms with Gasteiger partial charge in [0, 0.05) is 32.6 Å². The number of nitrogens with zero attached hydrogens (tertiary/aromatic N) is 3. The number of carbonyl (C=O) groups is 1. The molecule has 2 rings (SSSR count). The Morgan fingerprint density at radius 3 is 2.78 bits per heavy atom. The van der Waals surface area contributed by atoms with Crippen molar-refractivity contribution in [2.45, 2.75) is 12.8 Å². The lowest BCUT2D eigenvalue weighted by molar-refractivity contribution is 0.0641. The zero-order valence-electron chi connectivity index (χ0n) is 10.3. The van der Waals surface area contributed by atoms with Crippen molar-refractivity contribution in [1.82, 2.24) is 9.80 Å². The second kappa shape index (κ2) is 6.53. The molecule has 0 saturated carbocycles. The van der Waals surface area contributed by atoms with Crippen LogP contribution in [-0.2, 0) is 0 Å². The highest BCUT2D eigenvalue weighted by Gasteiger charge is 2.22. The summed E-state index contributed by atoms with van der Waals surface area (Å²) in [6.07, 6.45) is 1.55. The minimum absolute atomic E-state index is 0.154. The first-order valence-electron chi connectivity index (χ1n) is 6.23. The molecule has 1 aliphatic heterocycles. The van der Waals surface area contributed by atoms with Gasteiger partial charge in [0.05, 0.1) is 10.9 Å². The van der Waals surface area contributed by atoms with Gasteiger partial charge in [-0.2, -0.15) is 5.26 Å². The molecular weight excluding hydrogens is 246 g/mol. The van der Waals surface area contributed by atoms with E-state index in [2.05, 4.69) is 11.0 Å². The number of hydrogen-bond donors (Lipinski definition) is 0. The first-order chi connectivity index (χ1) is 8.81. The number of piperazine rings is 1. The molecule has 1 fully saturated rings. The van der Waals surface area contributed by atoms with Gasteiger partial charge in [-0.1, -0.05) is 6.07 Å². The molecule has 96 valence electrons. The van der Waals surface area contributed by atoms with Crippen molar-refractivity contribution in [3.63, 3.8) is 0 Å². The third-order valence-corrected chi connectivity index (χ3v) is 4.01. The molecule has 18 heavy (non-hydrogen) atoms. The Balaban J connectivity index is 1.77. The number of amides is 1. The van der Waals surface area contributed by atoms with Crippen LogP contribution < -0.4 is 0 Å². The van der Waals surface area contributed by atoms with Gasteiger partial charge in [0.1, 0.15) is 0 Å². The third-order valence-electron chi connectivity index (χ3n) is 3.15. The van der Waals surface area contributed by atoms with Crippen molar-refractivity contribution < 1.29 is 4.79 Å². The van der Waals surface area contributed by atoms with Crippen molar-refractivity contribution in [3.8, 4) is 6.07 Å². The maximum absolute atomic E-state index is 12.1. The lowest BCUT2D eigenvalue weighted by Gasteiger charge is -2.34. The Bertz CT molecular complexity index is 416. The molecule has 0 spiro atoms. The molecule has 0 atom stereocenters. The van der Waals surface area contributed by atoms with E-state index in [4.69, 9.17) is 5.26 Å². The topological polar surface area (TPSA) is 47.3 Å². The second-order valence-electron chi connectivity index (χ2n) is 4.37. The zero-order valence-corrected chi connectivity index (χ0v) is 11.2. The Labute approximate surface area is 111 Å². The Hall–Kier alpha value is -1.38. The molecule has 1 aromatic rings. The van der Waals surface area contributed by atoms with Gasteiger partial charge in [0.25, 0.3) is 5.91 Å². The summed E-state index contributed by atoms with van der Waals surface area (Å²) in [4.78, 5) is 17.2. The van der Waals surface area contributed by atoms with E-state index in [1.54, 1.807) is 0 Å². The van der Waals surface area contributed by atoms with Crippen LogP contribution in [0.2, 0.25) is 0 Å². The molecule has 1 aliphatic rings. The van der Waals surface area contributed by atoms with Crippen molar-refractivity contribution in [1.29, 1.82) is 5.26 Å². The van der Waals surface area contributed by atoms with Crippen molar-refractivity contribution >= 4 is 17.2 Å². The molecule has 2 heterocycles. The maximum Gasteiger partial charge on any atom is 0.264 e. The van der Waals surface area contributed by atoms with E-state index in [9.17, 15) is 4.79 Å². The quantitative estimate of drug-likeness (QED) is 0.778. The fourth-order valence-corrected chi connectivity index (χ4v) is 2.80. The smallest absolute Gasteiger partial charge is 0.264 e. The lowest BCUT2D eigenvalue weighted by atomic mass is 10.2. The van der Waals surface area contributed by atoms with Gasteiger partial charge in [-0.25, -0.2) is 0 Å². The van der Waals surface area contributed by atoms with Crippen LogP contribution in [0, 0.1) is 11.3 Å². The van der Waals surface area contributed by atoms with E-state index in [-0.39, 0.29) is 5.91 Å². The van der Waals surface area contributed by atoms with Gasteiger partial charge >= 0.3 is 0 Å². The number of unbranched alkanes of at least 4 members (excludes halogenated alkanes) is 1. The van der Waals surface area contributed by atoms with E-state index < -0.39 is 0 Å². The average molecular weight is 263 g/mol. The molecule has 0 radical (unpaired) electrons. The largest absolute Gasteiger partial charge is 0.335 e. The van der Waals surface area contributed by atoms with Crippen LogP contribution in [0.4, 0.5) is 0 Å². The van der Waals surface area contributed by atoms with Gasteiger partial charge < -0.3 is 4.90 Å². The molecule has 5 heteroatoms. The monoisotopic (exact) mass is 263 g/mol. The Kier molecular flexibility index (Phi) is 4.73. The highest BCUT2D eigenvalue weighted by atomic mass is 32.1. The highest BCUT2D eigenvalue weighted by molar-refractivity contribution is 7.12. The minimum atomic E-state index is 0.154. The van der Waals surface area contributed by atoms with Crippen LogP contribution >= 0.6 is 11.3 Å². The number of carbonyl (C=O) groups excluding carboxylic acids is 1. The summed E-state index contributed by atoms with van der Waals surface area (Å²) in [6.45, 7) is 4.40. The van der Waals surface area contributed by atoms with Crippen molar-refractivity contribution in [2.24, 2.45) is 0 Å². The number of nitriles is 1. The highest BCUT2D eigenvalue weighted by Crippen LogP contribution is 2.13. The standard InChI is InChI=1S/C13H17N3OS/c14-5-1-2-6-15-7-9-16(10-8-15)13(17)12-4-3-11-18-12/h3-4,11H,1-2,6-10H2. The summed E-state index contributed by atoms with van der Waals surface area (Å²) >= 11 is 1.50. The average Bonchev–Trinajstić information content (AvgIpc) is 2.93. The molecular formula is C13H17N3OS. The van der Waals surface area contributed by atoms with E-state index in [1.165, 1.54) is 11.3 Å². The van der Waals surface area contributed by atoms with Crippen LogP contribution in [0.5, 0.6) is 0 Å². The molecule has 0 aromatic carbocycles. The van der Waals surface area contributed by atoms with E-state index in [0.29, 0.717) is 6.42 Å². The van der Waals surface area contributed by atoms with E-state index >= 15 is 0 Å². The van der Waals surface area contributed by atoms with Crippen LogP contribution in [-0.4, -0.2) is 48.4 Å². The van der Waals surface area contributed by atoms with Crippen molar-refractivity contribution in [2.75, 3.05) is 32.7 Å². The third kappa shape index (κ3) is 3.31. The lowest BCUT2D eigenvalue weighted by Crippen LogP contribution is -2.48. The van der Waals surface area contributed by atoms with E-state index in [1.807, 2.05) is 22.4 Å². The van der Waals surface area contributed by atoms with Crippen LogP contribution in [0.1, 0.15) is 22.5 Å². The molecule has 4 nitrogen and oxygen atoms in total. The molecule has 1 aromatic heterocycles. The summed E-state index contributed by atoms with van der Waals surface area (Å²) in [7, 11) is 0. The van der Waals surface area contributed by atoms with E-state index in [0.717, 1.165) is 44.0 Å².